The smallest absolute Gasteiger partial charge is 0.126 e. The first-order chi connectivity index (χ1) is 7.66. The Labute approximate surface area is 101 Å². The zero-order valence-corrected chi connectivity index (χ0v) is 10.1. The molecule has 4 heteroatoms. The van der Waals surface area contributed by atoms with Crippen LogP contribution in [-0.2, 0) is 6.42 Å². The van der Waals surface area contributed by atoms with Crippen LogP contribution >= 0.6 is 15.9 Å². The third kappa shape index (κ3) is 2.51. The molecule has 16 heavy (non-hydrogen) atoms. The summed E-state index contributed by atoms with van der Waals surface area (Å²) in [6.45, 7) is 0. The first-order valence-electron chi connectivity index (χ1n) is 4.88. The largest absolute Gasteiger partial charge is 0.472 e. The second-order valence-electron chi connectivity index (χ2n) is 3.60. The Balaban J connectivity index is 2.17. The van der Waals surface area contributed by atoms with Crippen molar-refractivity contribution in [2.45, 2.75) is 12.5 Å². The predicted octanol–water partition coefficient (Wildman–Crippen LogP) is 3.42. The fourth-order valence-corrected chi connectivity index (χ4v) is 1.95. The van der Waals surface area contributed by atoms with Crippen molar-refractivity contribution in [3.05, 3.63) is 58.2 Å². The second-order valence-corrected chi connectivity index (χ2v) is 4.52. The van der Waals surface area contributed by atoms with E-state index in [9.17, 15) is 4.39 Å². The van der Waals surface area contributed by atoms with Crippen LogP contribution in [0.25, 0.3) is 0 Å². The molecule has 0 aliphatic heterocycles. The molecular weight excluding hydrogens is 273 g/mol. The number of nitrogens with two attached hydrogens (primary N) is 1. The van der Waals surface area contributed by atoms with E-state index in [4.69, 9.17) is 10.2 Å². The summed E-state index contributed by atoms with van der Waals surface area (Å²) in [5.74, 6) is -0.234. The lowest BCUT2D eigenvalue weighted by Crippen LogP contribution is -2.13. The fraction of sp³-hybridized carbons (Fsp3) is 0.167. The van der Waals surface area contributed by atoms with E-state index in [1.807, 2.05) is 0 Å². The van der Waals surface area contributed by atoms with Gasteiger partial charge < -0.3 is 10.2 Å². The summed E-state index contributed by atoms with van der Waals surface area (Å²) >= 11 is 3.31. The van der Waals surface area contributed by atoms with Gasteiger partial charge in [-0.05, 0) is 36.2 Å². The highest BCUT2D eigenvalue weighted by Gasteiger charge is 2.11. The standard InChI is InChI=1S/C12H11BrFNO/c13-10-1-2-11(14)9(5-10)6-12(15)8-3-4-16-7-8/h1-5,7,12H,6,15H2. The highest BCUT2D eigenvalue weighted by Crippen LogP contribution is 2.21. The van der Waals surface area contributed by atoms with Gasteiger partial charge in [0.25, 0.3) is 0 Å². The van der Waals surface area contributed by atoms with Gasteiger partial charge >= 0.3 is 0 Å². The number of hydrogen-bond acceptors (Lipinski definition) is 2. The van der Waals surface area contributed by atoms with E-state index >= 15 is 0 Å². The van der Waals surface area contributed by atoms with E-state index in [-0.39, 0.29) is 11.9 Å². The summed E-state index contributed by atoms with van der Waals surface area (Å²) in [4.78, 5) is 0. The van der Waals surface area contributed by atoms with Gasteiger partial charge in [-0.3, -0.25) is 0 Å². The van der Waals surface area contributed by atoms with Gasteiger partial charge in [0, 0.05) is 16.1 Å². The van der Waals surface area contributed by atoms with E-state index < -0.39 is 0 Å². The Hall–Kier alpha value is -1.13. The third-order valence-corrected chi connectivity index (χ3v) is 2.91. The van der Waals surface area contributed by atoms with Crippen LogP contribution in [-0.4, -0.2) is 0 Å². The van der Waals surface area contributed by atoms with Crippen molar-refractivity contribution in [3.8, 4) is 0 Å². The second kappa shape index (κ2) is 4.80. The molecular formula is C12H11BrFNO. The molecule has 0 saturated carbocycles. The van der Waals surface area contributed by atoms with Crippen molar-refractivity contribution < 1.29 is 8.81 Å². The third-order valence-electron chi connectivity index (χ3n) is 2.42. The molecule has 1 aromatic heterocycles. The van der Waals surface area contributed by atoms with Crippen LogP contribution in [0.3, 0.4) is 0 Å². The van der Waals surface area contributed by atoms with E-state index in [1.54, 1.807) is 30.7 Å². The molecule has 1 unspecified atom stereocenters. The number of furan rings is 1. The normalized spacial score (nSPS) is 12.7. The molecule has 0 saturated heterocycles. The molecule has 1 heterocycles. The quantitative estimate of drug-likeness (QED) is 0.938. The molecule has 2 aromatic rings. The number of rotatable bonds is 3. The van der Waals surface area contributed by atoms with Crippen LogP contribution < -0.4 is 5.73 Å². The van der Waals surface area contributed by atoms with Gasteiger partial charge in [0.1, 0.15) is 5.82 Å². The lowest BCUT2D eigenvalue weighted by atomic mass is 10.0. The van der Waals surface area contributed by atoms with E-state index in [0.29, 0.717) is 12.0 Å². The number of hydrogen-bond donors (Lipinski definition) is 1. The molecule has 1 aromatic carbocycles. The summed E-state index contributed by atoms with van der Waals surface area (Å²) < 4.78 is 19.3. The van der Waals surface area contributed by atoms with Gasteiger partial charge in [0.2, 0.25) is 0 Å². The first kappa shape index (κ1) is 11.4. The lowest BCUT2D eigenvalue weighted by Gasteiger charge is -2.10. The molecule has 0 aliphatic carbocycles. The summed E-state index contributed by atoms with van der Waals surface area (Å²) in [7, 11) is 0. The van der Waals surface area contributed by atoms with Crippen LogP contribution in [0.1, 0.15) is 17.2 Å². The molecule has 0 spiro atoms. The van der Waals surface area contributed by atoms with Crippen molar-refractivity contribution in [2.24, 2.45) is 5.73 Å². The molecule has 0 bridgehead atoms. The molecule has 0 fully saturated rings. The van der Waals surface area contributed by atoms with Gasteiger partial charge in [-0.1, -0.05) is 15.9 Å². The molecule has 2 nitrogen and oxygen atoms in total. The average Bonchev–Trinajstić information content (AvgIpc) is 2.76. The monoisotopic (exact) mass is 283 g/mol. The van der Waals surface area contributed by atoms with Crippen LogP contribution in [0.5, 0.6) is 0 Å². The summed E-state index contributed by atoms with van der Waals surface area (Å²) in [5, 5.41) is 0. The zero-order chi connectivity index (χ0) is 11.5. The van der Waals surface area contributed by atoms with Crippen LogP contribution in [0.4, 0.5) is 4.39 Å². The van der Waals surface area contributed by atoms with E-state index in [0.717, 1.165) is 10.0 Å². The Morgan fingerprint density at radius 1 is 1.38 bits per heavy atom. The summed E-state index contributed by atoms with van der Waals surface area (Å²) in [6, 6.07) is 6.39. The fourth-order valence-electron chi connectivity index (χ4n) is 1.54. The van der Waals surface area contributed by atoms with Gasteiger partial charge in [-0.2, -0.15) is 0 Å². The Morgan fingerprint density at radius 2 is 2.19 bits per heavy atom. The number of halogens is 2. The summed E-state index contributed by atoms with van der Waals surface area (Å²) in [5.41, 5.74) is 7.42. The Morgan fingerprint density at radius 3 is 2.88 bits per heavy atom. The number of benzene rings is 1. The minimum absolute atomic E-state index is 0.234. The SMILES string of the molecule is NC(Cc1cc(Br)ccc1F)c1ccoc1. The minimum Gasteiger partial charge on any atom is -0.472 e. The maximum Gasteiger partial charge on any atom is 0.126 e. The highest BCUT2D eigenvalue weighted by atomic mass is 79.9. The molecule has 0 radical (unpaired) electrons. The average molecular weight is 284 g/mol. The van der Waals surface area contributed by atoms with E-state index in [1.165, 1.54) is 6.07 Å². The lowest BCUT2D eigenvalue weighted by molar-refractivity contribution is 0.555. The Bertz CT molecular complexity index is 470. The molecule has 0 amide bonds. The van der Waals surface area contributed by atoms with E-state index in [2.05, 4.69) is 15.9 Å². The molecule has 84 valence electrons. The maximum atomic E-state index is 13.5. The molecule has 2 N–H and O–H groups in total. The minimum atomic E-state index is -0.248. The van der Waals surface area contributed by atoms with Gasteiger partial charge in [0.05, 0.1) is 12.5 Å². The molecule has 1 atom stereocenters. The van der Waals surface area contributed by atoms with Crippen LogP contribution in [0.15, 0.2) is 45.7 Å². The first-order valence-corrected chi connectivity index (χ1v) is 5.67. The predicted molar refractivity (Wildman–Crippen MR) is 63.4 cm³/mol. The summed E-state index contributed by atoms with van der Waals surface area (Å²) in [6.07, 6.45) is 3.60. The Kier molecular flexibility index (Phi) is 3.41. The van der Waals surface area contributed by atoms with Crippen molar-refractivity contribution in [1.82, 2.24) is 0 Å². The van der Waals surface area contributed by atoms with Gasteiger partial charge in [-0.15, -0.1) is 0 Å². The maximum absolute atomic E-state index is 13.5. The van der Waals surface area contributed by atoms with Crippen LogP contribution in [0, 0.1) is 5.82 Å². The van der Waals surface area contributed by atoms with Crippen molar-refractivity contribution >= 4 is 15.9 Å². The van der Waals surface area contributed by atoms with Gasteiger partial charge in [-0.25, -0.2) is 4.39 Å². The topological polar surface area (TPSA) is 39.2 Å². The van der Waals surface area contributed by atoms with Crippen molar-refractivity contribution in [3.63, 3.8) is 0 Å². The van der Waals surface area contributed by atoms with Crippen LogP contribution in [0.2, 0.25) is 0 Å². The van der Waals surface area contributed by atoms with Gasteiger partial charge in [0.15, 0.2) is 0 Å². The molecule has 2 rings (SSSR count). The van der Waals surface area contributed by atoms with Crippen molar-refractivity contribution in [1.29, 1.82) is 0 Å². The highest BCUT2D eigenvalue weighted by molar-refractivity contribution is 9.10. The zero-order valence-electron chi connectivity index (χ0n) is 8.49. The molecule has 0 aliphatic rings. The van der Waals surface area contributed by atoms with Crippen molar-refractivity contribution in [2.75, 3.05) is 0 Å².